The number of benzene rings is 2. The number of amides is 1. The van der Waals surface area contributed by atoms with Gasteiger partial charge >= 0.3 is 0 Å². The van der Waals surface area contributed by atoms with E-state index in [1.54, 1.807) is 24.5 Å². The maximum atomic E-state index is 14.0. The minimum atomic E-state index is -0.436. The summed E-state index contributed by atoms with van der Waals surface area (Å²) >= 11 is 9.44. The minimum Gasteiger partial charge on any atom is -0.471 e. The first-order valence-corrected chi connectivity index (χ1v) is 10.8. The third-order valence-electron chi connectivity index (χ3n) is 4.65. The summed E-state index contributed by atoms with van der Waals surface area (Å²) in [7, 11) is 0. The lowest BCUT2D eigenvalue weighted by Gasteiger charge is -2.08. The van der Waals surface area contributed by atoms with Gasteiger partial charge in [-0.15, -0.1) is 0 Å². The predicted molar refractivity (Wildman–Crippen MR) is 122 cm³/mol. The molecule has 1 N–H and O–H groups in total. The van der Waals surface area contributed by atoms with Crippen LogP contribution < -0.4 is 10.1 Å². The smallest absolute Gasteiger partial charge is 0.277 e. The molecule has 0 unspecified atom stereocenters. The highest BCUT2D eigenvalue weighted by atomic mass is 79.9. The molecule has 32 heavy (non-hydrogen) atoms. The number of hydrogen-bond donors (Lipinski definition) is 1. The molecular formula is C22H18BrClFN5O2. The lowest BCUT2D eigenvalue weighted by Crippen LogP contribution is -2.15. The molecular weight excluding hydrogens is 501 g/mol. The van der Waals surface area contributed by atoms with Crippen molar-refractivity contribution in [2.75, 3.05) is 5.32 Å². The second-order valence-electron chi connectivity index (χ2n) is 6.96. The standard InChI is InChI=1S/C22H18BrClFN5O2/c1-14-5-2-3-8-20(14)32-13-29-10-9-19(27-29)22(31)26-21-16(23)12-30(28-21)11-15-17(24)6-4-7-18(15)25/h2-10,12H,11,13H2,1H3,(H,26,28,31). The number of aromatic nitrogens is 4. The Morgan fingerprint density at radius 1 is 1.16 bits per heavy atom. The molecule has 0 aliphatic carbocycles. The van der Waals surface area contributed by atoms with Gasteiger partial charge in [-0.1, -0.05) is 35.9 Å². The summed E-state index contributed by atoms with van der Waals surface area (Å²) in [6.07, 6.45) is 3.29. The van der Waals surface area contributed by atoms with Crippen LogP contribution in [0.1, 0.15) is 21.6 Å². The maximum Gasteiger partial charge on any atom is 0.277 e. The maximum absolute atomic E-state index is 14.0. The predicted octanol–water partition coefficient (Wildman–Crippen LogP) is 5.28. The average Bonchev–Trinajstić information content (AvgIpc) is 3.37. The van der Waals surface area contributed by atoms with Crippen molar-refractivity contribution in [3.63, 3.8) is 0 Å². The molecule has 2 aromatic heterocycles. The van der Waals surface area contributed by atoms with Crippen LogP contribution in [0.5, 0.6) is 5.75 Å². The molecule has 7 nitrogen and oxygen atoms in total. The van der Waals surface area contributed by atoms with Crippen LogP contribution in [0.2, 0.25) is 5.02 Å². The lowest BCUT2D eigenvalue weighted by atomic mass is 10.2. The van der Waals surface area contributed by atoms with E-state index in [1.165, 1.54) is 21.5 Å². The van der Waals surface area contributed by atoms with Gasteiger partial charge in [0.05, 0.1) is 11.0 Å². The van der Waals surface area contributed by atoms with Crippen molar-refractivity contribution in [2.45, 2.75) is 20.2 Å². The van der Waals surface area contributed by atoms with E-state index in [2.05, 4.69) is 31.4 Å². The summed E-state index contributed by atoms with van der Waals surface area (Å²) in [5.74, 6) is 0.175. The second-order valence-corrected chi connectivity index (χ2v) is 8.22. The molecule has 0 bridgehead atoms. The molecule has 0 fully saturated rings. The molecule has 0 saturated carbocycles. The van der Waals surface area contributed by atoms with Crippen LogP contribution in [0, 0.1) is 12.7 Å². The average molecular weight is 519 g/mol. The summed E-state index contributed by atoms with van der Waals surface area (Å²) < 4.78 is 23.3. The number of carbonyl (C=O) groups excluding carboxylic acids is 1. The van der Waals surface area contributed by atoms with Crippen molar-refractivity contribution >= 4 is 39.3 Å². The van der Waals surface area contributed by atoms with E-state index < -0.39 is 11.7 Å². The summed E-state index contributed by atoms with van der Waals surface area (Å²) in [6, 6.07) is 13.7. The molecule has 0 radical (unpaired) electrons. The SMILES string of the molecule is Cc1ccccc1OCn1ccc(C(=O)Nc2nn(Cc3c(F)cccc3Cl)cc2Br)n1. The first-order chi connectivity index (χ1) is 15.4. The summed E-state index contributed by atoms with van der Waals surface area (Å²) in [6.45, 7) is 2.24. The molecule has 0 aliphatic rings. The number of anilines is 1. The van der Waals surface area contributed by atoms with E-state index in [0.717, 1.165) is 11.3 Å². The number of hydrogen-bond acceptors (Lipinski definition) is 4. The Kier molecular flexibility index (Phi) is 6.57. The molecule has 4 aromatic rings. The third kappa shape index (κ3) is 5.00. The number of aryl methyl sites for hydroxylation is 1. The first-order valence-electron chi connectivity index (χ1n) is 9.60. The highest BCUT2D eigenvalue weighted by Crippen LogP contribution is 2.24. The lowest BCUT2D eigenvalue weighted by molar-refractivity contribution is 0.101. The summed E-state index contributed by atoms with van der Waals surface area (Å²) in [4.78, 5) is 12.6. The van der Waals surface area contributed by atoms with Crippen molar-refractivity contribution < 1.29 is 13.9 Å². The van der Waals surface area contributed by atoms with Gasteiger partial charge in [0.1, 0.15) is 11.6 Å². The van der Waals surface area contributed by atoms with Crippen LogP contribution in [-0.4, -0.2) is 25.5 Å². The first kappa shape index (κ1) is 22.0. The van der Waals surface area contributed by atoms with E-state index in [0.29, 0.717) is 15.1 Å². The Balaban J connectivity index is 1.41. The fourth-order valence-corrected chi connectivity index (χ4v) is 3.63. The Labute approximate surface area is 196 Å². The van der Waals surface area contributed by atoms with Crippen LogP contribution >= 0.6 is 27.5 Å². The quantitative estimate of drug-likeness (QED) is 0.361. The van der Waals surface area contributed by atoms with Crippen molar-refractivity contribution in [3.8, 4) is 5.75 Å². The van der Waals surface area contributed by atoms with Crippen molar-refractivity contribution in [1.29, 1.82) is 0 Å². The van der Waals surface area contributed by atoms with Gasteiger partial charge in [-0.2, -0.15) is 10.2 Å². The van der Waals surface area contributed by atoms with Gasteiger partial charge in [0.25, 0.3) is 5.91 Å². The zero-order chi connectivity index (χ0) is 22.7. The van der Waals surface area contributed by atoms with Crippen LogP contribution in [0.4, 0.5) is 10.2 Å². The topological polar surface area (TPSA) is 74.0 Å². The van der Waals surface area contributed by atoms with E-state index >= 15 is 0 Å². The molecule has 2 heterocycles. The Morgan fingerprint density at radius 3 is 2.75 bits per heavy atom. The van der Waals surface area contributed by atoms with Gasteiger partial charge in [0.15, 0.2) is 18.2 Å². The van der Waals surface area contributed by atoms with E-state index in [1.807, 2.05) is 31.2 Å². The highest BCUT2D eigenvalue weighted by molar-refractivity contribution is 9.10. The monoisotopic (exact) mass is 517 g/mol. The van der Waals surface area contributed by atoms with Gasteiger partial charge in [-0.05, 0) is 52.7 Å². The van der Waals surface area contributed by atoms with Crippen molar-refractivity contribution in [2.24, 2.45) is 0 Å². The third-order valence-corrected chi connectivity index (χ3v) is 5.58. The Hall–Kier alpha value is -3.17. The van der Waals surface area contributed by atoms with Crippen LogP contribution in [0.3, 0.4) is 0 Å². The van der Waals surface area contributed by atoms with Crippen LogP contribution in [-0.2, 0) is 13.3 Å². The van der Waals surface area contributed by atoms with Gasteiger partial charge < -0.3 is 10.1 Å². The van der Waals surface area contributed by atoms with E-state index in [9.17, 15) is 9.18 Å². The molecule has 0 atom stereocenters. The van der Waals surface area contributed by atoms with Crippen LogP contribution in [0.25, 0.3) is 0 Å². The van der Waals surface area contributed by atoms with Gasteiger partial charge in [0, 0.05) is 23.0 Å². The molecule has 1 amide bonds. The molecule has 2 aromatic carbocycles. The zero-order valence-corrected chi connectivity index (χ0v) is 19.3. The fraction of sp³-hybridized carbons (Fsp3) is 0.136. The van der Waals surface area contributed by atoms with Crippen LogP contribution in [0.15, 0.2) is 65.4 Å². The number of halogens is 3. The number of ether oxygens (including phenoxy) is 1. The van der Waals surface area contributed by atoms with Crippen molar-refractivity contribution in [3.05, 3.63) is 93.1 Å². The molecule has 10 heteroatoms. The van der Waals surface area contributed by atoms with Gasteiger partial charge in [-0.25, -0.2) is 9.07 Å². The zero-order valence-electron chi connectivity index (χ0n) is 16.9. The molecule has 0 spiro atoms. The summed E-state index contributed by atoms with van der Waals surface area (Å²) in [5.41, 5.74) is 1.53. The number of nitrogens with one attached hydrogen (secondary N) is 1. The normalized spacial score (nSPS) is 10.9. The second kappa shape index (κ2) is 9.54. The van der Waals surface area contributed by atoms with E-state index in [-0.39, 0.29) is 24.8 Å². The minimum absolute atomic E-state index is 0.116. The number of para-hydroxylation sites is 1. The molecule has 0 aliphatic heterocycles. The number of nitrogens with zero attached hydrogens (tertiary/aromatic N) is 4. The number of carbonyl (C=O) groups is 1. The number of rotatable bonds is 7. The Morgan fingerprint density at radius 2 is 1.97 bits per heavy atom. The highest BCUT2D eigenvalue weighted by Gasteiger charge is 2.16. The Bertz CT molecular complexity index is 1250. The molecule has 164 valence electrons. The van der Waals surface area contributed by atoms with Crippen molar-refractivity contribution in [1.82, 2.24) is 19.6 Å². The summed E-state index contributed by atoms with van der Waals surface area (Å²) in [5, 5.41) is 11.5. The van der Waals surface area contributed by atoms with Gasteiger partial charge in [0.2, 0.25) is 0 Å². The van der Waals surface area contributed by atoms with Gasteiger partial charge in [-0.3, -0.25) is 9.48 Å². The molecule has 4 rings (SSSR count). The van der Waals surface area contributed by atoms with E-state index in [4.69, 9.17) is 16.3 Å². The molecule has 0 saturated heterocycles. The fourth-order valence-electron chi connectivity index (χ4n) is 2.99. The largest absolute Gasteiger partial charge is 0.471 e.